The maximum Gasteiger partial charge on any atom is 0.161 e. The number of hydrogen-bond acceptors (Lipinski definition) is 4. The number of ether oxygens (including phenoxy) is 1. The Morgan fingerprint density at radius 2 is 2.30 bits per heavy atom. The minimum atomic E-state index is 0.128. The largest absolute Gasteiger partial charge is 0.497 e. The van der Waals surface area contributed by atoms with Crippen molar-refractivity contribution >= 4 is 11.5 Å². The molecule has 0 aliphatic carbocycles. The Labute approximate surface area is 119 Å². The predicted octanol–water partition coefficient (Wildman–Crippen LogP) is 2.44. The molecule has 2 rings (SSSR count). The fourth-order valence-electron chi connectivity index (χ4n) is 1.93. The van der Waals surface area contributed by atoms with Gasteiger partial charge in [0.1, 0.15) is 12.3 Å². The second-order valence-corrected chi connectivity index (χ2v) is 4.59. The number of carbonyl (C=O) groups excluding carboxylic acids is 1. The molecule has 0 spiro atoms. The van der Waals surface area contributed by atoms with E-state index in [1.165, 1.54) is 5.01 Å². The molecule has 4 nitrogen and oxygen atoms in total. The highest BCUT2D eigenvalue weighted by atomic mass is 16.5. The highest BCUT2D eigenvalue weighted by Gasteiger charge is 2.19. The molecule has 0 fully saturated rings. The van der Waals surface area contributed by atoms with Crippen LogP contribution in [0.25, 0.3) is 0 Å². The normalized spacial score (nSPS) is 14.4. The van der Waals surface area contributed by atoms with Gasteiger partial charge in [0.25, 0.3) is 0 Å². The molecule has 0 aromatic heterocycles. The number of unbranched alkanes of at least 4 members (excludes halogenated alkanes) is 1. The van der Waals surface area contributed by atoms with E-state index in [0.717, 1.165) is 29.9 Å². The number of rotatable bonds is 3. The molecule has 1 aromatic carbocycles. The predicted molar refractivity (Wildman–Crippen MR) is 78.5 cm³/mol. The van der Waals surface area contributed by atoms with Crippen LogP contribution in [0.1, 0.15) is 31.7 Å². The molecule has 0 saturated heterocycles. The topological polar surface area (TPSA) is 41.9 Å². The smallest absolute Gasteiger partial charge is 0.161 e. The summed E-state index contributed by atoms with van der Waals surface area (Å²) in [4.78, 5) is 11.8. The fraction of sp³-hybridized carbons (Fsp3) is 0.375. The molecule has 0 N–H and O–H groups in total. The minimum Gasteiger partial charge on any atom is -0.497 e. The van der Waals surface area contributed by atoms with Crippen molar-refractivity contribution in [2.45, 2.75) is 26.2 Å². The van der Waals surface area contributed by atoms with Crippen molar-refractivity contribution in [3.63, 3.8) is 0 Å². The monoisotopic (exact) mass is 270 g/mol. The Balaban J connectivity index is 2.25. The van der Waals surface area contributed by atoms with Gasteiger partial charge < -0.3 is 4.74 Å². The zero-order valence-electron chi connectivity index (χ0n) is 11.8. The molecule has 0 unspecified atom stereocenters. The highest BCUT2D eigenvalue weighted by molar-refractivity contribution is 6.12. The van der Waals surface area contributed by atoms with Crippen LogP contribution in [0.15, 0.2) is 29.4 Å². The molecule has 4 heteroatoms. The Kier molecular flexibility index (Phi) is 4.78. The molecular formula is C16H18N2O2. The van der Waals surface area contributed by atoms with Gasteiger partial charge >= 0.3 is 0 Å². The first-order valence-corrected chi connectivity index (χ1v) is 6.72. The lowest BCUT2D eigenvalue weighted by Gasteiger charge is -2.19. The van der Waals surface area contributed by atoms with Gasteiger partial charge in [-0.3, -0.25) is 4.79 Å². The molecule has 1 heterocycles. The van der Waals surface area contributed by atoms with Crippen molar-refractivity contribution in [1.82, 2.24) is 5.01 Å². The number of carbonyl (C=O) groups is 1. The number of benzene rings is 1. The average molecular weight is 270 g/mol. The van der Waals surface area contributed by atoms with Crippen molar-refractivity contribution in [1.29, 1.82) is 0 Å². The van der Waals surface area contributed by atoms with Gasteiger partial charge in [0.15, 0.2) is 5.78 Å². The first kappa shape index (κ1) is 14.1. The zero-order chi connectivity index (χ0) is 14.4. The summed E-state index contributed by atoms with van der Waals surface area (Å²) >= 11 is 0. The molecule has 0 saturated carbocycles. The zero-order valence-corrected chi connectivity index (χ0v) is 11.8. The van der Waals surface area contributed by atoms with Crippen molar-refractivity contribution < 1.29 is 9.53 Å². The van der Waals surface area contributed by atoms with E-state index in [1.807, 2.05) is 24.3 Å². The Bertz CT molecular complexity index is 582. The van der Waals surface area contributed by atoms with Gasteiger partial charge in [-0.25, -0.2) is 5.01 Å². The summed E-state index contributed by atoms with van der Waals surface area (Å²) in [6.45, 7) is 2.34. The lowest BCUT2D eigenvalue weighted by atomic mass is 10.0. The molecule has 104 valence electrons. The third-order valence-corrected chi connectivity index (χ3v) is 2.92. The Hall–Kier alpha value is -2.28. The van der Waals surface area contributed by atoms with E-state index >= 15 is 0 Å². The van der Waals surface area contributed by atoms with Crippen molar-refractivity contribution in [3.8, 4) is 17.7 Å². The molecule has 1 aliphatic heterocycles. The van der Waals surface area contributed by atoms with Gasteiger partial charge in [0.05, 0.1) is 19.2 Å². The summed E-state index contributed by atoms with van der Waals surface area (Å²) in [5.74, 6) is 3.90. The molecule has 0 radical (unpaired) electrons. The van der Waals surface area contributed by atoms with Crippen molar-refractivity contribution in [2.24, 2.45) is 5.10 Å². The molecule has 1 aromatic rings. The average Bonchev–Trinajstić information content (AvgIpc) is 2.47. The van der Waals surface area contributed by atoms with Gasteiger partial charge in [0, 0.05) is 18.0 Å². The van der Waals surface area contributed by atoms with Crippen LogP contribution >= 0.6 is 0 Å². The Morgan fingerprint density at radius 1 is 1.45 bits per heavy atom. The third kappa shape index (κ3) is 3.61. The van der Waals surface area contributed by atoms with E-state index < -0.39 is 0 Å². The van der Waals surface area contributed by atoms with Gasteiger partial charge in [-0.15, -0.1) is 0 Å². The summed E-state index contributed by atoms with van der Waals surface area (Å²) in [6.07, 6.45) is 2.16. The number of hydrazone groups is 1. The van der Waals surface area contributed by atoms with Gasteiger partial charge in [-0.2, -0.15) is 5.10 Å². The fourth-order valence-corrected chi connectivity index (χ4v) is 1.93. The number of nitrogens with zero attached hydrogens (tertiary/aromatic N) is 2. The lowest BCUT2D eigenvalue weighted by Crippen LogP contribution is -2.30. The van der Waals surface area contributed by atoms with Crippen LogP contribution in [0.2, 0.25) is 0 Å². The van der Waals surface area contributed by atoms with Crippen LogP contribution in [0.5, 0.6) is 5.75 Å². The lowest BCUT2D eigenvalue weighted by molar-refractivity contribution is -0.118. The quantitative estimate of drug-likeness (QED) is 0.792. The van der Waals surface area contributed by atoms with Crippen LogP contribution in [-0.4, -0.2) is 30.2 Å². The third-order valence-electron chi connectivity index (χ3n) is 2.92. The molecule has 0 atom stereocenters. The van der Waals surface area contributed by atoms with E-state index in [0.29, 0.717) is 6.42 Å². The van der Waals surface area contributed by atoms with Gasteiger partial charge in [-0.1, -0.05) is 25.0 Å². The van der Waals surface area contributed by atoms with Gasteiger partial charge in [0.2, 0.25) is 0 Å². The SMILES string of the molecule is CCCC#CN1CC(=O)CC(c2cccc(OC)c2)=N1. The minimum absolute atomic E-state index is 0.128. The van der Waals surface area contributed by atoms with Crippen LogP contribution in [0.3, 0.4) is 0 Å². The maximum atomic E-state index is 11.8. The Morgan fingerprint density at radius 3 is 3.05 bits per heavy atom. The summed E-state index contributed by atoms with van der Waals surface area (Å²) in [7, 11) is 1.62. The summed E-state index contributed by atoms with van der Waals surface area (Å²) < 4.78 is 5.20. The van der Waals surface area contributed by atoms with E-state index in [-0.39, 0.29) is 12.3 Å². The summed E-state index contributed by atoms with van der Waals surface area (Å²) in [6, 6.07) is 10.5. The summed E-state index contributed by atoms with van der Waals surface area (Å²) in [5.41, 5.74) is 1.64. The van der Waals surface area contributed by atoms with Crippen molar-refractivity contribution in [2.75, 3.05) is 13.7 Å². The molecule has 0 bridgehead atoms. The van der Waals surface area contributed by atoms with Crippen LogP contribution in [0.4, 0.5) is 0 Å². The number of hydrogen-bond donors (Lipinski definition) is 0. The maximum absolute atomic E-state index is 11.8. The second kappa shape index (κ2) is 6.76. The van der Waals surface area contributed by atoms with Gasteiger partial charge in [-0.05, 0) is 18.6 Å². The number of Topliss-reactive ketones (excluding diaryl/α,β-unsaturated/α-hetero) is 1. The highest BCUT2D eigenvalue weighted by Crippen LogP contribution is 2.17. The number of ketones is 1. The van der Waals surface area contributed by atoms with E-state index in [1.54, 1.807) is 7.11 Å². The number of methoxy groups -OCH3 is 1. The van der Waals surface area contributed by atoms with Crippen LogP contribution in [-0.2, 0) is 4.79 Å². The van der Waals surface area contributed by atoms with Crippen LogP contribution < -0.4 is 4.74 Å². The molecule has 20 heavy (non-hydrogen) atoms. The van der Waals surface area contributed by atoms with Crippen molar-refractivity contribution in [3.05, 3.63) is 29.8 Å². The molecule has 1 aliphatic rings. The second-order valence-electron chi connectivity index (χ2n) is 4.59. The standard InChI is InChI=1S/C16H18N2O2/c1-3-4-5-9-18-12-14(19)11-16(17-18)13-7-6-8-15(10-13)20-2/h6-8,10H,3-4,11-12H2,1-2H3. The van der Waals surface area contributed by atoms with E-state index in [4.69, 9.17) is 4.74 Å². The molecular weight excluding hydrogens is 252 g/mol. The first-order chi connectivity index (χ1) is 9.72. The van der Waals surface area contributed by atoms with E-state index in [9.17, 15) is 4.79 Å². The first-order valence-electron chi connectivity index (χ1n) is 6.72. The summed E-state index contributed by atoms with van der Waals surface area (Å²) in [5, 5.41) is 5.99. The van der Waals surface area contributed by atoms with Crippen LogP contribution in [0, 0.1) is 12.0 Å². The molecule has 0 amide bonds. The van der Waals surface area contributed by atoms with E-state index in [2.05, 4.69) is 24.0 Å².